The Hall–Kier alpha value is -1.24. The van der Waals surface area contributed by atoms with Crippen molar-refractivity contribution >= 4 is 21.9 Å². The minimum absolute atomic E-state index is 0.109. The van der Waals surface area contributed by atoms with Gasteiger partial charge < -0.3 is 9.47 Å². The Balaban J connectivity index is 2.99. The monoisotopic (exact) mass is 312 g/mol. The number of rotatable bonds is 3. The molecule has 0 heterocycles. The van der Waals surface area contributed by atoms with Crippen LogP contribution in [0.25, 0.3) is 0 Å². The summed E-state index contributed by atoms with van der Waals surface area (Å²) in [5, 5.41) is 0. The number of halogens is 4. The summed E-state index contributed by atoms with van der Waals surface area (Å²) in [5.41, 5.74) is 0.109. The zero-order chi connectivity index (χ0) is 13.1. The minimum Gasteiger partial charge on any atom is -0.469 e. The van der Waals surface area contributed by atoms with Crippen molar-refractivity contribution in [1.82, 2.24) is 0 Å². The summed E-state index contributed by atoms with van der Waals surface area (Å²) >= 11 is 3.02. The number of alkyl halides is 3. The lowest BCUT2D eigenvalue weighted by atomic mass is 10.1. The van der Waals surface area contributed by atoms with Crippen molar-refractivity contribution in [1.29, 1.82) is 0 Å². The zero-order valence-electron chi connectivity index (χ0n) is 8.68. The van der Waals surface area contributed by atoms with Crippen molar-refractivity contribution in [2.24, 2.45) is 0 Å². The second-order valence-corrected chi connectivity index (χ2v) is 3.97. The molecule has 7 heteroatoms. The Morgan fingerprint density at radius 3 is 2.59 bits per heavy atom. The third-order valence-electron chi connectivity index (χ3n) is 1.82. The molecule has 0 bridgehead atoms. The standard InChI is InChI=1S/C10H8BrF3O3/c1-16-9(15)4-6-2-3-7(11)5-8(6)17-10(12,13)14/h2-3,5H,4H2,1H3. The van der Waals surface area contributed by atoms with Gasteiger partial charge in [0.1, 0.15) is 5.75 Å². The average Bonchev–Trinajstić information content (AvgIpc) is 2.19. The van der Waals surface area contributed by atoms with E-state index < -0.39 is 18.1 Å². The van der Waals surface area contributed by atoms with Crippen LogP contribution in [0.1, 0.15) is 5.56 Å². The van der Waals surface area contributed by atoms with Gasteiger partial charge in [0.25, 0.3) is 0 Å². The van der Waals surface area contributed by atoms with Gasteiger partial charge in [0, 0.05) is 10.0 Å². The van der Waals surface area contributed by atoms with E-state index in [2.05, 4.69) is 25.4 Å². The van der Waals surface area contributed by atoms with E-state index in [1.165, 1.54) is 12.1 Å². The van der Waals surface area contributed by atoms with E-state index in [1.807, 2.05) is 0 Å². The SMILES string of the molecule is COC(=O)Cc1ccc(Br)cc1OC(F)(F)F. The molecule has 0 unspecified atom stereocenters. The molecule has 1 aromatic carbocycles. The highest BCUT2D eigenvalue weighted by atomic mass is 79.9. The van der Waals surface area contributed by atoms with Crippen LogP contribution in [0.3, 0.4) is 0 Å². The first kappa shape index (κ1) is 13.8. The molecule has 17 heavy (non-hydrogen) atoms. The maximum absolute atomic E-state index is 12.1. The first-order valence-corrected chi connectivity index (χ1v) is 5.22. The number of carbonyl (C=O) groups excluding carboxylic acids is 1. The smallest absolute Gasteiger partial charge is 0.469 e. The first-order valence-electron chi connectivity index (χ1n) is 4.43. The van der Waals surface area contributed by atoms with Crippen LogP contribution in [0.2, 0.25) is 0 Å². The second-order valence-electron chi connectivity index (χ2n) is 3.05. The molecule has 94 valence electrons. The predicted molar refractivity (Wildman–Crippen MR) is 56.5 cm³/mol. The summed E-state index contributed by atoms with van der Waals surface area (Å²) in [6, 6.07) is 4.02. The average molecular weight is 313 g/mol. The molecule has 0 saturated heterocycles. The van der Waals surface area contributed by atoms with Gasteiger partial charge in [0.05, 0.1) is 13.5 Å². The van der Waals surface area contributed by atoms with Gasteiger partial charge in [0.15, 0.2) is 0 Å². The van der Waals surface area contributed by atoms with Gasteiger partial charge in [0.2, 0.25) is 0 Å². The predicted octanol–water partition coefficient (Wildman–Crippen LogP) is 3.06. The van der Waals surface area contributed by atoms with Crippen molar-refractivity contribution < 1.29 is 27.4 Å². The normalized spacial score (nSPS) is 11.1. The molecule has 0 aliphatic heterocycles. The maximum Gasteiger partial charge on any atom is 0.573 e. The number of carbonyl (C=O) groups is 1. The van der Waals surface area contributed by atoms with Crippen molar-refractivity contribution in [3.05, 3.63) is 28.2 Å². The number of esters is 1. The molecule has 0 saturated carbocycles. The number of ether oxygens (including phenoxy) is 2. The Morgan fingerprint density at radius 1 is 1.41 bits per heavy atom. The maximum atomic E-state index is 12.1. The summed E-state index contributed by atoms with van der Waals surface area (Å²) in [4.78, 5) is 11.0. The number of hydrogen-bond donors (Lipinski definition) is 0. The van der Waals surface area contributed by atoms with Crippen LogP contribution < -0.4 is 4.74 Å². The highest BCUT2D eigenvalue weighted by Gasteiger charge is 2.32. The van der Waals surface area contributed by atoms with Gasteiger partial charge in [-0.25, -0.2) is 0 Å². The third-order valence-corrected chi connectivity index (χ3v) is 2.31. The van der Waals surface area contributed by atoms with Crippen LogP contribution in [0, 0.1) is 0 Å². The van der Waals surface area contributed by atoms with E-state index in [1.54, 1.807) is 0 Å². The summed E-state index contributed by atoms with van der Waals surface area (Å²) < 4.78 is 45.0. The van der Waals surface area contributed by atoms with Crippen molar-refractivity contribution in [2.75, 3.05) is 7.11 Å². The Kier molecular flexibility index (Phi) is 4.39. The molecule has 0 aliphatic rings. The molecule has 0 aromatic heterocycles. The minimum atomic E-state index is -4.80. The highest BCUT2D eigenvalue weighted by molar-refractivity contribution is 9.10. The lowest BCUT2D eigenvalue weighted by molar-refractivity contribution is -0.275. The molecule has 0 spiro atoms. The van der Waals surface area contributed by atoms with Gasteiger partial charge in [-0.2, -0.15) is 0 Å². The Bertz CT molecular complexity index is 418. The van der Waals surface area contributed by atoms with Gasteiger partial charge in [-0.1, -0.05) is 22.0 Å². The first-order chi connectivity index (χ1) is 7.81. The van der Waals surface area contributed by atoms with E-state index in [0.29, 0.717) is 4.47 Å². The Morgan fingerprint density at radius 2 is 2.06 bits per heavy atom. The summed E-state index contributed by atoms with van der Waals surface area (Å²) in [6.07, 6.45) is -5.08. The molecular formula is C10H8BrF3O3. The van der Waals surface area contributed by atoms with E-state index in [-0.39, 0.29) is 12.0 Å². The molecule has 0 atom stereocenters. The fourth-order valence-electron chi connectivity index (χ4n) is 1.12. The third kappa shape index (κ3) is 4.64. The quantitative estimate of drug-likeness (QED) is 0.805. The van der Waals surface area contributed by atoms with Gasteiger partial charge in [-0.05, 0) is 12.1 Å². The molecule has 1 rings (SSSR count). The molecule has 0 aliphatic carbocycles. The summed E-state index contributed by atoms with van der Waals surface area (Å²) in [7, 11) is 1.16. The molecule has 0 fully saturated rings. The number of hydrogen-bond acceptors (Lipinski definition) is 3. The van der Waals surface area contributed by atoms with Crippen LogP contribution in [-0.2, 0) is 16.0 Å². The van der Waals surface area contributed by atoms with Gasteiger partial charge in [-0.15, -0.1) is 13.2 Å². The molecule has 0 radical (unpaired) electrons. The van der Waals surface area contributed by atoms with E-state index in [4.69, 9.17) is 0 Å². The van der Waals surface area contributed by atoms with Crippen LogP contribution in [-0.4, -0.2) is 19.4 Å². The number of methoxy groups -OCH3 is 1. The molecule has 0 N–H and O–H groups in total. The van der Waals surface area contributed by atoms with Crippen molar-refractivity contribution in [2.45, 2.75) is 12.8 Å². The molecule has 1 aromatic rings. The highest BCUT2D eigenvalue weighted by Crippen LogP contribution is 2.29. The van der Waals surface area contributed by atoms with Gasteiger partial charge >= 0.3 is 12.3 Å². The summed E-state index contributed by atoms with van der Waals surface area (Å²) in [6.45, 7) is 0. The lowest BCUT2D eigenvalue weighted by Crippen LogP contribution is -2.19. The fourth-order valence-corrected chi connectivity index (χ4v) is 1.46. The van der Waals surface area contributed by atoms with Crippen molar-refractivity contribution in [3.8, 4) is 5.75 Å². The Labute approximate surface area is 104 Å². The van der Waals surface area contributed by atoms with E-state index in [0.717, 1.165) is 13.2 Å². The summed E-state index contributed by atoms with van der Waals surface area (Å²) in [5.74, 6) is -1.06. The van der Waals surface area contributed by atoms with E-state index >= 15 is 0 Å². The largest absolute Gasteiger partial charge is 0.573 e. The van der Waals surface area contributed by atoms with E-state index in [9.17, 15) is 18.0 Å². The zero-order valence-corrected chi connectivity index (χ0v) is 10.3. The second kappa shape index (κ2) is 5.39. The van der Waals surface area contributed by atoms with Gasteiger partial charge in [-0.3, -0.25) is 4.79 Å². The molecular weight excluding hydrogens is 305 g/mol. The number of benzene rings is 1. The molecule has 3 nitrogen and oxygen atoms in total. The topological polar surface area (TPSA) is 35.5 Å². The van der Waals surface area contributed by atoms with Crippen LogP contribution in [0.5, 0.6) is 5.75 Å². The van der Waals surface area contributed by atoms with Crippen LogP contribution in [0.15, 0.2) is 22.7 Å². The fraction of sp³-hybridized carbons (Fsp3) is 0.300. The van der Waals surface area contributed by atoms with Crippen molar-refractivity contribution in [3.63, 3.8) is 0 Å². The molecule has 0 amide bonds. The lowest BCUT2D eigenvalue weighted by Gasteiger charge is -2.13. The van der Waals surface area contributed by atoms with Crippen LogP contribution in [0.4, 0.5) is 13.2 Å². The van der Waals surface area contributed by atoms with Crippen LogP contribution >= 0.6 is 15.9 Å².